The van der Waals surface area contributed by atoms with Gasteiger partial charge in [0, 0.05) is 19.2 Å². The maximum absolute atomic E-state index is 10.5. The lowest BCUT2D eigenvalue weighted by atomic mass is 10.1. The highest BCUT2D eigenvalue weighted by Gasteiger charge is 2.29. The number of ether oxygens (including phenoxy) is 1. The third kappa shape index (κ3) is 2.83. The molecule has 1 aliphatic heterocycles. The van der Waals surface area contributed by atoms with Gasteiger partial charge >= 0.3 is 5.97 Å². The second-order valence-electron chi connectivity index (χ2n) is 3.68. The monoisotopic (exact) mass is 221 g/mol. The molecule has 0 aliphatic carbocycles. The minimum Gasteiger partial charge on any atom is -0.480 e. The number of rotatable bonds is 4. The SMILES string of the molecule is CC1OCCC1N(C)CC(Cl)C(=O)O. The highest BCUT2D eigenvalue weighted by molar-refractivity contribution is 6.29. The Labute approximate surface area is 88.8 Å². The smallest absolute Gasteiger partial charge is 0.322 e. The molecule has 0 aromatic heterocycles. The van der Waals surface area contributed by atoms with Gasteiger partial charge in [0.25, 0.3) is 0 Å². The number of halogens is 1. The van der Waals surface area contributed by atoms with Crippen LogP contribution in [0.5, 0.6) is 0 Å². The van der Waals surface area contributed by atoms with Crippen LogP contribution in [0.25, 0.3) is 0 Å². The van der Waals surface area contributed by atoms with Gasteiger partial charge in [0.05, 0.1) is 6.10 Å². The normalized spacial score (nSPS) is 29.4. The molecule has 0 aromatic rings. The molecule has 0 spiro atoms. The second-order valence-corrected chi connectivity index (χ2v) is 4.20. The Kier molecular flexibility index (Phi) is 4.16. The Morgan fingerprint density at radius 3 is 2.86 bits per heavy atom. The number of carboxylic acids is 1. The van der Waals surface area contributed by atoms with Crippen molar-refractivity contribution in [2.45, 2.75) is 30.9 Å². The molecular formula is C9H16ClNO3. The maximum atomic E-state index is 10.5. The van der Waals surface area contributed by atoms with Crippen molar-refractivity contribution in [1.29, 1.82) is 0 Å². The molecule has 5 heteroatoms. The summed E-state index contributed by atoms with van der Waals surface area (Å²) in [5.74, 6) is -0.968. The highest BCUT2D eigenvalue weighted by atomic mass is 35.5. The number of hydrogen-bond donors (Lipinski definition) is 1. The van der Waals surface area contributed by atoms with Crippen molar-refractivity contribution in [3.8, 4) is 0 Å². The van der Waals surface area contributed by atoms with Gasteiger partial charge in [-0.05, 0) is 20.4 Å². The summed E-state index contributed by atoms with van der Waals surface area (Å²) in [5.41, 5.74) is 0. The molecule has 0 amide bonds. The van der Waals surface area contributed by atoms with Crippen molar-refractivity contribution in [3.05, 3.63) is 0 Å². The Morgan fingerprint density at radius 1 is 1.79 bits per heavy atom. The average Bonchev–Trinajstić information content (AvgIpc) is 2.51. The number of carboxylic acid groups (broad SMARTS) is 1. The van der Waals surface area contributed by atoms with E-state index in [1.165, 1.54) is 0 Å². The van der Waals surface area contributed by atoms with Crippen LogP contribution in [0.3, 0.4) is 0 Å². The molecule has 82 valence electrons. The van der Waals surface area contributed by atoms with Crippen molar-refractivity contribution >= 4 is 17.6 Å². The summed E-state index contributed by atoms with van der Waals surface area (Å²) in [4.78, 5) is 12.5. The fraction of sp³-hybridized carbons (Fsp3) is 0.889. The molecule has 0 saturated carbocycles. The van der Waals surface area contributed by atoms with Crippen molar-refractivity contribution in [1.82, 2.24) is 4.90 Å². The number of hydrogen-bond acceptors (Lipinski definition) is 3. The first-order valence-corrected chi connectivity index (χ1v) is 5.14. The minimum absolute atomic E-state index is 0.165. The summed E-state index contributed by atoms with van der Waals surface area (Å²) >= 11 is 5.65. The van der Waals surface area contributed by atoms with Crippen molar-refractivity contribution in [2.75, 3.05) is 20.2 Å². The molecule has 1 saturated heterocycles. The summed E-state index contributed by atoms with van der Waals surface area (Å²) in [6.07, 6.45) is 1.11. The first kappa shape index (κ1) is 11.8. The molecule has 1 aliphatic rings. The maximum Gasteiger partial charge on any atom is 0.322 e. The lowest BCUT2D eigenvalue weighted by Crippen LogP contribution is -2.41. The van der Waals surface area contributed by atoms with Gasteiger partial charge in [0.15, 0.2) is 0 Å². The van der Waals surface area contributed by atoms with Crippen molar-refractivity contribution in [3.63, 3.8) is 0 Å². The summed E-state index contributed by atoms with van der Waals surface area (Å²) < 4.78 is 5.40. The zero-order valence-corrected chi connectivity index (χ0v) is 9.20. The Bertz CT molecular complexity index is 212. The van der Waals surface area contributed by atoms with Gasteiger partial charge in [0.2, 0.25) is 0 Å². The van der Waals surface area contributed by atoms with Gasteiger partial charge < -0.3 is 9.84 Å². The van der Waals surface area contributed by atoms with E-state index < -0.39 is 11.3 Å². The molecule has 1 heterocycles. The topological polar surface area (TPSA) is 49.8 Å². The van der Waals surface area contributed by atoms with Crippen molar-refractivity contribution < 1.29 is 14.6 Å². The second kappa shape index (κ2) is 4.96. The quantitative estimate of drug-likeness (QED) is 0.714. The number of alkyl halides is 1. The summed E-state index contributed by atoms with van der Waals surface area (Å²) in [7, 11) is 1.88. The molecule has 1 rings (SSSR count). The van der Waals surface area contributed by atoms with E-state index in [0.29, 0.717) is 6.54 Å². The Balaban J connectivity index is 2.41. The van der Waals surface area contributed by atoms with E-state index in [-0.39, 0.29) is 12.1 Å². The zero-order valence-electron chi connectivity index (χ0n) is 8.44. The van der Waals surface area contributed by atoms with Crippen LogP contribution in [0.4, 0.5) is 0 Å². The van der Waals surface area contributed by atoms with Crippen LogP contribution in [0.2, 0.25) is 0 Å². The van der Waals surface area contributed by atoms with Crippen LogP contribution in [0, 0.1) is 0 Å². The first-order valence-electron chi connectivity index (χ1n) is 4.71. The summed E-state index contributed by atoms with van der Waals surface area (Å²) in [6, 6.07) is 0.288. The molecule has 1 N–H and O–H groups in total. The molecule has 1 fully saturated rings. The van der Waals surface area contributed by atoms with Crippen LogP contribution in [0.1, 0.15) is 13.3 Å². The minimum atomic E-state index is -0.968. The van der Waals surface area contributed by atoms with Gasteiger partial charge in [-0.25, -0.2) is 0 Å². The van der Waals surface area contributed by atoms with E-state index in [1.54, 1.807) is 0 Å². The van der Waals surface area contributed by atoms with Gasteiger partial charge in [0.1, 0.15) is 5.38 Å². The zero-order chi connectivity index (χ0) is 10.7. The van der Waals surface area contributed by atoms with Crippen molar-refractivity contribution in [2.24, 2.45) is 0 Å². The molecule has 0 aromatic carbocycles. The van der Waals surface area contributed by atoms with Gasteiger partial charge in [-0.15, -0.1) is 11.6 Å². The molecule has 0 bridgehead atoms. The van der Waals surface area contributed by atoms with E-state index in [1.807, 2.05) is 18.9 Å². The molecule has 4 nitrogen and oxygen atoms in total. The fourth-order valence-corrected chi connectivity index (χ4v) is 1.98. The van der Waals surface area contributed by atoms with Gasteiger partial charge in [-0.1, -0.05) is 0 Å². The fourth-order valence-electron chi connectivity index (χ4n) is 1.77. The third-order valence-corrected chi connectivity index (χ3v) is 2.94. The summed E-state index contributed by atoms with van der Waals surface area (Å²) in [6.45, 7) is 3.10. The van der Waals surface area contributed by atoms with E-state index in [9.17, 15) is 4.79 Å². The molecule has 0 radical (unpaired) electrons. The van der Waals surface area contributed by atoms with Crippen LogP contribution >= 0.6 is 11.6 Å². The number of aliphatic carboxylic acids is 1. The third-order valence-electron chi connectivity index (χ3n) is 2.62. The first-order chi connectivity index (χ1) is 6.52. The number of nitrogens with zero attached hydrogens (tertiary/aromatic N) is 1. The lowest BCUT2D eigenvalue weighted by Gasteiger charge is -2.27. The van der Waals surface area contributed by atoms with Crippen LogP contribution in [-0.4, -0.2) is 53.7 Å². The van der Waals surface area contributed by atoms with Crippen LogP contribution < -0.4 is 0 Å². The largest absolute Gasteiger partial charge is 0.480 e. The van der Waals surface area contributed by atoms with Crippen LogP contribution in [0.15, 0.2) is 0 Å². The van der Waals surface area contributed by atoms with Crippen LogP contribution in [-0.2, 0) is 9.53 Å². The molecule has 3 atom stereocenters. The average molecular weight is 222 g/mol. The molecule has 14 heavy (non-hydrogen) atoms. The predicted octanol–water partition coefficient (Wildman–Crippen LogP) is 0.788. The van der Waals surface area contributed by atoms with E-state index in [4.69, 9.17) is 21.4 Å². The number of carbonyl (C=O) groups is 1. The highest BCUT2D eigenvalue weighted by Crippen LogP contribution is 2.18. The Morgan fingerprint density at radius 2 is 2.43 bits per heavy atom. The lowest BCUT2D eigenvalue weighted by molar-refractivity contribution is -0.137. The standard InChI is InChI=1S/C9H16ClNO3/c1-6-8(3-4-14-6)11(2)5-7(10)9(12)13/h6-8H,3-5H2,1-2H3,(H,12,13). The van der Waals surface area contributed by atoms with Gasteiger partial charge in [-0.3, -0.25) is 9.69 Å². The number of likely N-dealkylation sites (N-methyl/N-ethyl adjacent to an activating group) is 1. The summed E-state index contributed by atoms with van der Waals surface area (Å²) in [5, 5.41) is 7.81. The predicted molar refractivity (Wildman–Crippen MR) is 53.7 cm³/mol. The Hall–Kier alpha value is -0.320. The molecular weight excluding hydrogens is 206 g/mol. The van der Waals surface area contributed by atoms with E-state index in [0.717, 1.165) is 13.0 Å². The van der Waals surface area contributed by atoms with Gasteiger partial charge in [-0.2, -0.15) is 0 Å². The molecule has 3 unspecified atom stereocenters. The van der Waals surface area contributed by atoms with E-state index in [2.05, 4.69) is 0 Å². The van der Waals surface area contributed by atoms with E-state index >= 15 is 0 Å².